The molecule has 9 atom stereocenters. The van der Waals surface area contributed by atoms with Crippen molar-refractivity contribution in [1.29, 1.82) is 0 Å². The van der Waals surface area contributed by atoms with Crippen LogP contribution < -0.4 is 53.6 Å². The Labute approximate surface area is 594 Å². The minimum Gasteiger partial charge on any atom is -0.480 e. The molecule has 38 heteroatoms. The Kier molecular flexibility index (Phi) is 23.5. The summed E-state index contributed by atoms with van der Waals surface area (Å²) in [6.07, 6.45) is 2.75. The third-order valence-electron chi connectivity index (χ3n) is 16.0. The summed E-state index contributed by atoms with van der Waals surface area (Å²) in [4.78, 5) is 200. The lowest BCUT2D eigenvalue weighted by Crippen LogP contribution is -2.61. The fraction of sp³-hybridized carbons (Fsp3) is 0.426. The fourth-order valence-electron chi connectivity index (χ4n) is 10.7. The predicted molar refractivity (Wildman–Crippen MR) is 378 cm³/mol. The van der Waals surface area contributed by atoms with Gasteiger partial charge in [0.25, 0.3) is 17.7 Å². The largest absolute Gasteiger partial charge is 0.480 e. The van der Waals surface area contributed by atoms with Gasteiger partial charge in [-0.2, -0.15) is 0 Å². The second kappa shape index (κ2) is 31.8. The van der Waals surface area contributed by atoms with Gasteiger partial charge in [0.2, 0.25) is 41.4 Å². The van der Waals surface area contributed by atoms with Crippen LogP contribution in [0.4, 0.5) is 0 Å². The number of nitrogens with one attached hydrogen (secondary N) is 9. The van der Waals surface area contributed by atoms with Crippen LogP contribution in [0.5, 0.6) is 0 Å². The highest BCUT2D eigenvalue weighted by Gasteiger charge is 2.43. The first-order valence-electron chi connectivity index (χ1n) is 30.9. The van der Waals surface area contributed by atoms with Crippen molar-refractivity contribution < 1.29 is 62.6 Å². The number of carboxylic acid groups (broad SMARTS) is 1. The van der Waals surface area contributed by atoms with E-state index in [9.17, 15) is 62.6 Å². The van der Waals surface area contributed by atoms with Gasteiger partial charge in [0.05, 0.1) is 47.3 Å². The Morgan fingerprint density at radius 3 is 1.99 bits per heavy atom. The van der Waals surface area contributed by atoms with E-state index in [0.29, 0.717) is 66.1 Å². The van der Waals surface area contributed by atoms with E-state index in [0.717, 1.165) is 11.8 Å². The fourth-order valence-corrected chi connectivity index (χ4v) is 17.4. The molecular weight excluding hydrogens is 1420 g/mol. The molecule has 0 spiro atoms. The van der Waals surface area contributed by atoms with Gasteiger partial charge in [0.1, 0.15) is 89.8 Å². The van der Waals surface area contributed by atoms with Crippen molar-refractivity contribution >= 4 is 173 Å². The number of allylic oxidation sites excluding steroid dienone is 2. The van der Waals surface area contributed by atoms with Gasteiger partial charge in [0, 0.05) is 57.7 Å². The topological polar surface area (TPSA) is 451 Å². The molecule has 0 saturated carbocycles. The van der Waals surface area contributed by atoms with Gasteiger partial charge in [-0.1, -0.05) is 32.6 Å². The number of aromatic nitrogens is 4. The normalized spacial score (nSPS) is 26.9. The van der Waals surface area contributed by atoms with E-state index in [1.807, 2.05) is 0 Å². The van der Waals surface area contributed by atoms with Gasteiger partial charge in [-0.15, -0.1) is 81.1 Å². The summed E-state index contributed by atoms with van der Waals surface area (Å²) in [5.41, 5.74) is 7.10. The number of thiazole rings is 3. The molecule has 9 unspecified atom stereocenters. The molecule has 1 saturated heterocycles. The summed E-state index contributed by atoms with van der Waals surface area (Å²) in [7, 11) is 0. The Morgan fingerprint density at radius 2 is 1.33 bits per heavy atom. The first kappa shape index (κ1) is 73.2. The number of hydrogen-bond acceptors (Lipinski definition) is 27. The number of hydrogen-bond donors (Lipinski definition) is 11. The van der Waals surface area contributed by atoms with Crippen LogP contribution >= 0.6 is 81.1 Å². The highest BCUT2D eigenvalue weighted by atomic mass is 32.2. The Balaban J connectivity index is 1.04. The van der Waals surface area contributed by atoms with Crippen molar-refractivity contribution in [2.45, 2.75) is 114 Å². The van der Waals surface area contributed by atoms with Crippen LogP contribution in [0.3, 0.4) is 0 Å². The molecule has 11 heterocycles. The number of nitrogens with zero attached hydrogens (tertiary/aromatic N) is 8. The number of aliphatic imine (C=N–C) groups is 3. The van der Waals surface area contributed by atoms with Gasteiger partial charge in [-0.25, -0.2) is 24.7 Å². The SMILES string of the molecule is C=C1NC(=O)C2CSC(=N2)c2csc(n2)-c2ccc3c(n2)C(C)NC(=O)C2CCCN2C(=O)/C(=C\C)NC(=O)CNC(=O)C(C(C)C)NC(=O)C(C)(NC(=O)/C(=C\C)NC(=O)C2CSC(=N2)C(CC(N)=O)NCC3=O)SCC(C(=O)O)NC(=O)C2CSC(=N2)c2csc(n2)-c2csc1n2. The first-order valence-corrected chi connectivity index (χ1v) is 37.5. The van der Waals surface area contributed by atoms with Crippen LogP contribution in [0, 0.1) is 5.92 Å². The van der Waals surface area contributed by atoms with Crippen molar-refractivity contribution in [3.63, 3.8) is 0 Å². The molecule has 10 amide bonds. The monoisotopic (exact) mass is 1480 g/mol. The third-order valence-corrected chi connectivity index (χ3v) is 23.3. The van der Waals surface area contributed by atoms with Gasteiger partial charge in [-0.05, 0) is 58.6 Å². The van der Waals surface area contributed by atoms with Crippen molar-refractivity contribution in [3.8, 4) is 21.4 Å². The zero-order chi connectivity index (χ0) is 71.1. The molecule has 1 fully saturated rings. The van der Waals surface area contributed by atoms with Crippen LogP contribution in [-0.2, 0) is 52.7 Å². The lowest BCUT2D eigenvalue weighted by molar-refractivity contribution is -0.141. The van der Waals surface area contributed by atoms with Crippen molar-refractivity contribution in [3.05, 3.63) is 86.1 Å². The molecule has 11 rings (SSSR count). The van der Waals surface area contributed by atoms with Crippen molar-refractivity contribution in [2.75, 3.05) is 42.6 Å². The van der Waals surface area contributed by atoms with Crippen molar-refractivity contribution in [1.82, 2.24) is 72.7 Å². The number of Topliss-reactive ketones (excluding diaryl/α,β-unsaturated/α-hetero) is 1. The lowest BCUT2D eigenvalue weighted by atomic mass is 10.0. The number of nitrogens with two attached hydrogens (primary N) is 1. The van der Waals surface area contributed by atoms with E-state index in [-0.39, 0.29) is 57.9 Å². The summed E-state index contributed by atoms with van der Waals surface area (Å²) >= 11 is 7.83. The van der Waals surface area contributed by atoms with E-state index >= 15 is 0 Å². The average Bonchev–Trinajstić information content (AvgIpc) is 1.80. The summed E-state index contributed by atoms with van der Waals surface area (Å²) in [5.74, 6) is -11.1. The van der Waals surface area contributed by atoms with Gasteiger partial charge < -0.3 is 63.6 Å². The smallest absolute Gasteiger partial charge is 0.327 e. The molecule has 522 valence electrons. The van der Waals surface area contributed by atoms with Crippen LogP contribution in [0.25, 0.3) is 27.1 Å². The van der Waals surface area contributed by atoms with E-state index in [1.165, 1.54) is 101 Å². The standard InChI is InChI=1S/C61H68N18O13S7/c1-8-29-49(86)78-61(7)60(92)77-44(25(3)4)51(88)64-17-43(82)67-30(9-2)58(89)79-14-10-11-40(79)50(87)65-26(5)45-28(41(80)16-63-32(15-42(62)81)54-71-34(19-94-54)47(84)69-29)12-13-31(68-45)53-75-37(22-97-53)55-72-33(18-95-55)46(83)66-27(6)52-74-36(21-93-52)57-76-38(23-98-57)56-73-35(20-96-56)48(85)70-39(24-99-61)59(90)91/h8-9,12-13,21-23,25-26,32-35,39-40,44,63H,6,10-11,14-20,24H2,1-5,7H3,(H2,62,81)(H,64,88)(H,65,87)(H,66,83)(H,67,82)(H,69,84)(H,70,85)(H,77,92)(H,78,86)(H,90,91)/b29-8+,30-9+. The third kappa shape index (κ3) is 17.2. The molecule has 99 heavy (non-hydrogen) atoms. The maximum atomic E-state index is 14.8. The van der Waals surface area contributed by atoms with Gasteiger partial charge in [-0.3, -0.25) is 67.7 Å². The number of carbonyl (C=O) groups excluding carboxylic acids is 11. The number of ketones is 1. The first-order chi connectivity index (χ1) is 47.2. The summed E-state index contributed by atoms with van der Waals surface area (Å²) in [6.45, 7) is 11.8. The lowest BCUT2D eigenvalue weighted by Gasteiger charge is -2.33. The molecule has 4 aromatic heterocycles. The number of aliphatic carboxylic acids is 1. The number of primary amides is 1. The second-order valence-corrected chi connectivity index (χ2v) is 30.6. The van der Waals surface area contributed by atoms with Crippen molar-refractivity contribution in [2.24, 2.45) is 26.6 Å². The Hall–Kier alpha value is -8.53. The molecule has 16 bridgehead atoms. The summed E-state index contributed by atoms with van der Waals surface area (Å²) in [5, 5.41) is 42.2. The number of carbonyl (C=O) groups is 12. The zero-order valence-corrected chi connectivity index (χ0v) is 59.6. The minimum atomic E-state index is -2.23. The highest BCUT2D eigenvalue weighted by Crippen LogP contribution is 2.35. The number of pyridine rings is 1. The molecule has 0 aromatic carbocycles. The summed E-state index contributed by atoms with van der Waals surface area (Å²) in [6, 6.07) is -6.38. The molecule has 12 N–H and O–H groups in total. The van der Waals surface area contributed by atoms with Gasteiger partial charge in [0.15, 0.2) is 10.7 Å². The zero-order valence-electron chi connectivity index (χ0n) is 53.9. The molecule has 4 aromatic rings. The van der Waals surface area contributed by atoms with E-state index in [4.69, 9.17) is 25.7 Å². The highest BCUT2D eigenvalue weighted by molar-refractivity contribution is 8.15. The quantitative estimate of drug-likeness (QED) is 0.129. The van der Waals surface area contributed by atoms with E-state index in [2.05, 4.69) is 69.4 Å². The molecule has 7 aliphatic rings. The minimum absolute atomic E-state index is 0.0153. The van der Waals surface area contributed by atoms with Gasteiger partial charge >= 0.3 is 5.97 Å². The molecular formula is C61H68N18O13S7. The predicted octanol–water partition coefficient (Wildman–Crippen LogP) is 1.45. The summed E-state index contributed by atoms with van der Waals surface area (Å²) < 4.78 is 0. The van der Waals surface area contributed by atoms with Crippen LogP contribution in [0.1, 0.15) is 99.3 Å². The molecule has 7 aliphatic heterocycles. The molecule has 31 nitrogen and oxygen atoms in total. The van der Waals surface area contributed by atoms with Crippen LogP contribution in [0.15, 0.2) is 73.4 Å². The number of amides is 10. The maximum absolute atomic E-state index is 14.8. The second-order valence-electron chi connectivity index (χ2n) is 23.5. The number of rotatable bonds is 4. The van der Waals surface area contributed by atoms with E-state index < -0.39 is 161 Å². The molecule has 0 radical (unpaired) electrons. The van der Waals surface area contributed by atoms with Crippen LogP contribution in [0.2, 0.25) is 0 Å². The average molecular weight is 1490 g/mol. The Bertz CT molecular complexity index is 4160. The number of thioether (sulfide) groups is 4. The Morgan fingerprint density at radius 1 is 0.717 bits per heavy atom. The van der Waals surface area contributed by atoms with Crippen LogP contribution in [-0.4, -0.2) is 206 Å². The van der Waals surface area contributed by atoms with E-state index in [1.54, 1.807) is 43.0 Å². The number of carboxylic acids is 1. The number of fused-ring (bicyclic) bond motifs is 8. The molecule has 0 aliphatic carbocycles. The maximum Gasteiger partial charge on any atom is 0.327 e.